The Bertz CT molecular complexity index is 451. The molecule has 0 saturated heterocycles. The molecule has 112 valence electrons. The van der Waals surface area contributed by atoms with Crippen LogP contribution in [0, 0.1) is 0 Å². The van der Waals surface area contributed by atoms with Gasteiger partial charge in [0.2, 0.25) is 5.91 Å². The van der Waals surface area contributed by atoms with Crippen molar-refractivity contribution in [2.24, 2.45) is 5.73 Å². The van der Waals surface area contributed by atoms with Crippen LogP contribution in [0.5, 0.6) is 11.5 Å². The minimum Gasteiger partial charge on any atom is -0.497 e. The molecule has 0 radical (unpaired) electrons. The van der Waals surface area contributed by atoms with E-state index >= 15 is 0 Å². The molecule has 6 nitrogen and oxygen atoms in total. The summed E-state index contributed by atoms with van der Waals surface area (Å²) in [6.07, 6.45) is 0. The van der Waals surface area contributed by atoms with Crippen molar-refractivity contribution in [3.63, 3.8) is 0 Å². The van der Waals surface area contributed by atoms with Gasteiger partial charge in [-0.05, 0) is 25.1 Å². The molecule has 1 amide bonds. The summed E-state index contributed by atoms with van der Waals surface area (Å²) in [6, 6.07) is 4.47. The van der Waals surface area contributed by atoms with Crippen LogP contribution in [0.2, 0.25) is 0 Å². The fourth-order valence-electron chi connectivity index (χ4n) is 1.83. The van der Waals surface area contributed by atoms with E-state index in [1.165, 1.54) is 7.11 Å². The summed E-state index contributed by atoms with van der Waals surface area (Å²) in [7, 11) is 4.67. The van der Waals surface area contributed by atoms with E-state index < -0.39 is 6.04 Å². The summed E-state index contributed by atoms with van der Waals surface area (Å²) in [6.45, 7) is 2.03. The van der Waals surface area contributed by atoms with Crippen molar-refractivity contribution in [2.45, 2.75) is 19.0 Å². The molecule has 20 heavy (non-hydrogen) atoms. The molecule has 0 aromatic heterocycles. The number of carbonyl (C=O) groups is 1. The van der Waals surface area contributed by atoms with Gasteiger partial charge < -0.3 is 25.3 Å². The monoisotopic (exact) mass is 282 g/mol. The summed E-state index contributed by atoms with van der Waals surface area (Å²) >= 11 is 0. The Hall–Kier alpha value is -1.79. The Labute approximate surface area is 119 Å². The summed E-state index contributed by atoms with van der Waals surface area (Å²) in [5.74, 6) is 1.10. The Morgan fingerprint density at radius 3 is 2.55 bits per heavy atom. The van der Waals surface area contributed by atoms with Crippen LogP contribution in [-0.4, -0.2) is 39.9 Å². The average Bonchev–Trinajstić information content (AvgIpc) is 2.46. The molecular formula is C14H22N2O4. The van der Waals surface area contributed by atoms with Gasteiger partial charge in [0.05, 0.1) is 26.9 Å². The van der Waals surface area contributed by atoms with E-state index in [1.807, 2.05) is 13.0 Å². The summed E-state index contributed by atoms with van der Waals surface area (Å²) in [5, 5.41) is 2.83. The number of methoxy groups -OCH3 is 3. The molecule has 6 heteroatoms. The van der Waals surface area contributed by atoms with Crippen molar-refractivity contribution >= 4 is 5.91 Å². The van der Waals surface area contributed by atoms with Gasteiger partial charge in [-0.1, -0.05) is 0 Å². The maximum Gasteiger partial charge on any atom is 0.239 e. The third-order valence-electron chi connectivity index (χ3n) is 2.95. The Morgan fingerprint density at radius 1 is 1.30 bits per heavy atom. The highest BCUT2D eigenvalue weighted by molar-refractivity contribution is 5.82. The first-order valence-electron chi connectivity index (χ1n) is 6.30. The largest absolute Gasteiger partial charge is 0.497 e. The molecule has 0 aliphatic heterocycles. The first-order chi connectivity index (χ1) is 9.53. The highest BCUT2D eigenvalue weighted by Gasteiger charge is 2.19. The van der Waals surface area contributed by atoms with Crippen molar-refractivity contribution in [3.05, 3.63) is 23.8 Å². The van der Waals surface area contributed by atoms with Crippen LogP contribution < -0.4 is 20.5 Å². The second-order valence-electron chi connectivity index (χ2n) is 4.40. The van der Waals surface area contributed by atoms with E-state index in [1.54, 1.807) is 26.4 Å². The zero-order valence-electron chi connectivity index (χ0n) is 12.3. The SMILES string of the molecule is COCC(N)C(=O)NC(C)c1cc(OC)ccc1OC. The maximum atomic E-state index is 11.9. The minimum atomic E-state index is -0.695. The fraction of sp³-hybridized carbons (Fsp3) is 0.500. The van der Waals surface area contributed by atoms with Crippen molar-refractivity contribution in [1.29, 1.82) is 0 Å². The molecule has 0 fully saturated rings. The van der Waals surface area contributed by atoms with E-state index in [-0.39, 0.29) is 18.6 Å². The molecule has 2 atom stereocenters. The van der Waals surface area contributed by atoms with Crippen LogP contribution in [-0.2, 0) is 9.53 Å². The predicted octanol–water partition coefficient (Wildman–Crippen LogP) is 0.855. The van der Waals surface area contributed by atoms with Crippen LogP contribution >= 0.6 is 0 Å². The number of carbonyl (C=O) groups excluding carboxylic acids is 1. The van der Waals surface area contributed by atoms with Crippen LogP contribution in [0.25, 0.3) is 0 Å². The van der Waals surface area contributed by atoms with Gasteiger partial charge in [-0.2, -0.15) is 0 Å². The third-order valence-corrected chi connectivity index (χ3v) is 2.95. The lowest BCUT2D eigenvalue weighted by Gasteiger charge is -2.20. The number of hydrogen-bond acceptors (Lipinski definition) is 5. The zero-order chi connectivity index (χ0) is 15.1. The molecule has 0 saturated carbocycles. The summed E-state index contributed by atoms with van der Waals surface area (Å²) in [5.41, 5.74) is 6.51. The van der Waals surface area contributed by atoms with E-state index in [4.69, 9.17) is 19.9 Å². The molecule has 3 N–H and O–H groups in total. The predicted molar refractivity (Wildman–Crippen MR) is 76.0 cm³/mol. The van der Waals surface area contributed by atoms with Gasteiger partial charge in [0.1, 0.15) is 17.5 Å². The second kappa shape index (κ2) is 7.72. The van der Waals surface area contributed by atoms with Crippen molar-refractivity contribution < 1.29 is 19.0 Å². The lowest BCUT2D eigenvalue weighted by molar-refractivity contribution is -0.124. The molecule has 0 aliphatic carbocycles. The lowest BCUT2D eigenvalue weighted by Crippen LogP contribution is -2.44. The minimum absolute atomic E-state index is 0.174. The highest BCUT2D eigenvalue weighted by Crippen LogP contribution is 2.29. The lowest BCUT2D eigenvalue weighted by atomic mass is 10.1. The molecule has 1 aromatic carbocycles. The molecule has 1 aromatic rings. The topological polar surface area (TPSA) is 82.8 Å². The smallest absolute Gasteiger partial charge is 0.239 e. The maximum absolute atomic E-state index is 11.9. The van der Waals surface area contributed by atoms with Crippen molar-refractivity contribution in [2.75, 3.05) is 27.9 Å². The third kappa shape index (κ3) is 4.11. The number of hydrogen-bond donors (Lipinski definition) is 2. The first kappa shape index (κ1) is 16.3. The van der Waals surface area contributed by atoms with Crippen LogP contribution in [0.15, 0.2) is 18.2 Å². The van der Waals surface area contributed by atoms with Crippen molar-refractivity contribution in [3.8, 4) is 11.5 Å². The van der Waals surface area contributed by atoms with E-state index in [0.717, 1.165) is 5.56 Å². The van der Waals surface area contributed by atoms with Crippen LogP contribution in [0.3, 0.4) is 0 Å². The van der Waals surface area contributed by atoms with Crippen LogP contribution in [0.4, 0.5) is 0 Å². The quantitative estimate of drug-likeness (QED) is 0.775. The van der Waals surface area contributed by atoms with Gasteiger partial charge in [-0.25, -0.2) is 0 Å². The number of nitrogens with two attached hydrogens (primary N) is 1. The number of rotatable bonds is 7. The molecule has 1 rings (SSSR count). The van der Waals surface area contributed by atoms with Gasteiger partial charge in [-0.3, -0.25) is 4.79 Å². The van der Waals surface area contributed by atoms with Gasteiger partial charge in [-0.15, -0.1) is 0 Å². The Morgan fingerprint density at radius 2 is 2.00 bits per heavy atom. The van der Waals surface area contributed by atoms with Gasteiger partial charge >= 0.3 is 0 Å². The van der Waals surface area contributed by atoms with Gasteiger partial charge in [0.25, 0.3) is 0 Å². The normalized spacial score (nSPS) is 13.4. The molecule has 2 unspecified atom stereocenters. The standard InChI is InChI=1S/C14H22N2O4/c1-9(16-14(17)12(15)8-18-2)11-7-10(19-3)5-6-13(11)20-4/h5-7,9,12H,8,15H2,1-4H3,(H,16,17). The Kier molecular flexibility index (Phi) is 6.27. The number of nitrogens with one attached hydrogen (secondary N) is 1. The zero-order valence-corrected chi connectivity index (χ0v) is 12.3. The van der Waals surface area contributed by atoms with E-state index in [9.17, 15) is 4.79 Å². The van der Waals surface area contributed by atoms with Crippen molar-refractivity contribution in [1.82, 2.24) is 5.32 Å². The molecule has 0 heterocycles. The average molecular weight is 282 g/mol. The van der Waals surface area contributed by atoms with Crippen LogP contribution in [0.1, 0.15) is 18.5 Å². The number of amides is 1. The van der Waals surface area contributed by atoms with Gasteiger partial charge in [0.15, 0.2) is 0 Å². The molecular weight excluding hydrogens is 260 g/mol. The second-order valence-corrected chi connectivity index (χ2v) is 4.40. The number of ether oxygens (including phenoxy) is 3. The van der Waals surface area contributed by atoms with Gasteiger partial charge in [0, 0.05) is 12.7 Å². The Balaban J connectivity index is 2.85. The van der Waals surface area contributed by atoms with E-state index in [2.05, 4.69) is 5.32 Å². The summed E-state index contributed by atoms with van der Waals surface area (Å²) < 4.78 is 15.3. The summed E-state index contributed by atoms with van der Waals surface area (Å²) in [4.78, 5) is 11.9. The first-order valence-corrected chi connectivity index (χ1v) is 6.30. The fourth-order valence-corrected chi connectivity index (χ4v) is 1.83. The highest BCUT2D eigenvalue weighted by atomic mass is 16.5. The molecule has 0 spiro atoms. The number of benzene rings is 1. The molecule has 0 aliphatic rings. The van der Waals surface area contributed by atoms with E-state index in [0.29, 0.717) is 11.5 Å². The molecule has 0 bridgehead atoms.